The Balaban J connectivity index is 1.86. The van der Waals surface area contributed by atoms with Gasteiger partial charge in [-0.1, -0.05) is 30.3 Å². The van der Waals surface area contributed by atoms with Gasteiger partial charge in [0.25, 0.3) is 0 Å². The molecule has 0 spiro atoms. The van der Waals surface area contributed by atoms with Crippen LogP contribution in [0.5, 0.6) is 0 Å². The molecule has 0 radical (unpaired) electrons. The quantitative estimate of drug-likeness (QED) is 0.730. The van der Waals surface area contributed by atoms with Crippen LogP contribution < -0.4 is 0 Å². The first-order valence-electron chi connectivity index (χ1n) is 6.15. The summed E-state index contributed by atoms with van der Waals surface area (Å²) in [6.45, 7) is 3.21. The van der Waals surface area contributed by atoms with E-state index in [-0.39, 0.29) is 6.29 Å². The molecule has 0 aliphatic carbocycles. The molecule has 1 aromatic carbocycles. The summed E-state index contributed by atoms with van der Waals surface area (Å²) in [6.07, 6.45) is 1.09. The van der Waals surface area contributed by atoms with Crippen LogP contribution in [0, 0.1) is 5.92 Å². The van der Waals surface area contributed by atoms with E-state index in [1.54, 1.807) is 14.2 Å². The lowest BCUT2D eigenvalue weighted by Gasteiger charge is -2.21. The number of rotatable bonds is 5. The van der Waals surface area contributed by atoms with Crippen LogP contribution in [-0.2, 0) is 16.0 Å². The molecule has 1 saturated heterocycles. The zero-order valence-corrected chi connectivity index (χ0v) is 10.6. The number of ether oxygens (including phenoxy) is 2. The van der Waals surface area contributed by atoms with Crippen molar-refractivity contribution in [3.05, 3.63) is 35.9 Å². The Morgan fingerprint density at radius 2 is 1.94 bits per heavy atom. The molecule has 1 aromatic rings. The van der Waals surface area contributed by atoms with Crippen LogP contribution >= 0.6 is 0 Å². The summed E-state index contributed by atoms with van der Waals surface area (Å²) < 4.78 is 10.7. The summed E-state index contributed by atoms with van der Waals surface area (Å²) in [7, 11) is 3.43. The summed E-state index contributed by atoms with van der Waals surface area (Å²) in [5, 5.41) is 0. The van der Waals surface area contributed by atoms with Crippen molar-refractivity contribution >= 4 is 0 Å². The predicted octanol–water partition coefficient (Wildman–Crippen LogP) is 2.13. The highest BCUT2D eigenvalue weighted by atomic mass is 16.7. The van der Waals surface area contributed by atoms with Gasteiger partial charge in [-0.15, -0.1) is 0 Å². The minimum Gasteiger partial charge on any atom is -0.356 e. The van der Waals surface area contributed by atoms with Crippen LogP contribution in [0.2, 0.25) is 0 Å². The number of hydrogen-bond acceptors (Lipinski definition) is 3. The summed E-state index contributed by atoms with van der Waals surface area (Å²) in [5.74, 6) is 0.494. The number of benzene rings is 1. The minimum absolute atomic E-state index is 0.0595. The van der Waals surface area contributed by atoms with E-state index in [0.29, 0.717) is 5.92 Å². The molecule has 1 aliphatic rings. The summed E-state index contributed by atoms with van der Waals surface area (Å²) in [5.41, 5.74) is 1.37. The van der Waals surface area contributed by atoms with Gasteiger partial charge in [0.15, 0.2) is 6.29 Å². The zero-order chi connectivity index (χ0) is 12.1. The highest BCUT2D eigenvalue weighted by Crippen LogP contribution is 2.23. The Hall–Kier alpha value is -0.900. The second-order valence-corrected chi connectivity index (χ2v) is 4.61. The summed E-state index contributed by atoms with van der Waals surface area (Å²) in [6, 6.07) is 10.6. The van der Waals surface area contributed by atoms with E-state index in [0.717, 1.165) is 26.1 Å². The lowest BCUT2D eigenvalue weighted by atomic mass is 10.1. The van der Waals surface area contributed by atoms with E-state index >= 15 is 0 Å². The first-order valence-corrected chi connectivity index (χ1v) is 6.15. The van der Waals surface area contributed by atoms with Crippen LogP contribution in [0.25, 0.3) is 0 Å². The molecular weight excluding hydrogens is 214 g/mol. The van der Waals surface area contributed by atoms with Crippen molar-refractivity contribution < 1.29 is 9.47 Å². The second kappa shape index (κ2) is 6.15. The molecule has 2 rings (SSSR count). The van der Waals surface area contributed by atoms with Gasteiger partial charge in [0.2, 0.25) is 0 Å². The minimum atomic E-state index is -0.0595. The first kappa shape index (κ1) is 12.6. The maximum absolute atomic E-state index is 5.33. The molecule has 0 amide bonds. The molecule has 1 unspecified atom stereocenters. The Kier molecular flexibility index (Phi) is 4.54. The molecule has 3 nitrogen and oxygen atoms in total. The zero-order valence-electron chi connectivity index (χ0n) is 10.6. The lowest BCUT2D eigenvalue weighted by molar-refractivity contribution is -0.134. The Bertz CT molecular complexity index is 324. The third-order valence-corrected chi connectivity index (χ3v) is 3.41. The van der Waals surface area contributed by atoms with E-state index in [1.807, 2.05) is 0 Å². The largest absolute Gasteiger partial charge is 0.356 e. The van der Waals surface area contributed by atoms with Gasteiger partial charge in [-0.2, -0.15) is 0 Å². The topological polar surface area (TPSA) is 21.7 Å². The molecule has 1 heterocycles. The van der Waals surface area contributed by atoms with Gasteiger partial charge in [-0.05, 0) is 18.5 Å². The molecule has 0 saturated carbocycles. The molecule has 1 fully saturated rings. The maximum atomic E-state index is 5.33. The van der Waals surface area contributed by atoms with Crippen molar-refractivity contribution in [2.45, 2.75) is 19.3 Å². The van der Waals surface area contributed by atoms with Crippen LogP contribution in [-0.4, -0.2) is 38.5 Å². The average Bonchev–Trinajstić information content (AvgIpc) is 2.81. The molecule has 0 aromatic heterocycles. The molecule has 1 atom stereocenters. The summed E-state index contributed by atoms with van der Waals surface area (Å²) >= 11 is 0. The fourth-order valence-corrected chi connectivity index (χ4v) is 2.55. The van der Waals surface area contributed by atoms with Gasteiger partial charge in [0, 0.05) is 33.2 Å². The average molecular weight is 235 g/mol. The number of methoxy groups -OCH3 is 2. The fraction of sp³-hybridized carbons (Fsp3) is 0.571. The fourth-order valence-electron chi connectivity index (χ4n) is 2.55. The van der Waals surface area contributed by atoms with Crippen molar-refractivity contribution in [2.24, 2.45) is 5.92 Å². The van der Waals surface area contributed by atoms with Crippen molar-refractivity contribution in [1.82, 2.24) is 4.90 Å². The van der Waals surface area contributed by atoms with E-state index < -0.39 is 0 Å². The van der Waals surface area contributed by atoms with Gasteiger partial charge in [0.05, 0.1) is 0 Å². The SMILES string of the molecule is COC(OC)C1CCN(Cc2ccccc2)C1. The third-order valence-electron chi connectivity index (χ3n) is 3.41. The van der Waals surface area contributed by atoms with Crippen molar-refractivity contribution in [3.63, 3.8) is 0 Å². The Morgan fingerprint density at radius 3 is 2.59 bits per heavy atom. The summed E-state index contributed by atoms with van der Waals surface area (Å²) in [4.78, 5) is 2.46. The smallest absolute Gasteiger partial charge is 0.160 e. The normalized spacial score (nSPS) is 21.2. The van der Waals surface area contributed by atoms with E-state index in [9.17, 15) is 0 Å². The highest BCUT2D eigenvalue weighted by Gasteiger charge is 2.29. The molecule has 1 aliphatic heterocycles. The van der Waals surface area contributed by atoms with E-state index in [2.05, 4.69) is 35.2 Å². The Labute approximate surface area is 103 Å². The van der Waals surface area contributed by atoms with Gasteiger partial charge in [-0.25, -0.2) is 0 Å². The van der Waals surface area contributed by atoms with E-state index in [1.165, 1.54) is 5.56 Å². The highest BCUT2D eigenvalue weighted by molar-refractivity contribution is 5.14. The monoisotopic (exact) mass is 235 g/mol. The van der Waals surface area contributed by atoms with Crippen LogP contribution in [0.15, 0.2) is 30.3 Å². The third kappa shape index (κ3) is 3.28. The van der Waals surface area contributed by atoms with Gasteiger partial charge >= 0.3 is 0 Å². The number of nitrogens with zero attached hydrogens (tertiary/aromatic N) is 1. The van der Waals surface area contributed by atoms with Crippen molar-refractivity contribution in [3.8, 4) is 0 Å². The molecule has 0 bridgehead atoms. The van der Waals surface area contributed by atoms with Crippen LogP contribution in [0.4, 0.5) is 0 Å². The lowest BCUT2D eigenvalue weighted by Crippen LogP contribution is -2.28. The number of hydrogen-bond donors (Lipinski definition) is 0. The maximum Gasteiger partial charge on any atom is 0.160 e. The number of likely N-dealkylation sites (tertiary alicyclic amines) is 1. The molecule has 94 valence electrons. The van der Waals surface area contributed by atoms with Crippen LogP contribution in [0.1, 0.15) is 12.0 Å². The Morgan fingerprint density at radius 1 is 1.24 bits per heavy atom. The standard InChI is InChI=1S/C14H21NO2/c1-16-14(17-2)13-8-9-15(11-13)10-12-6-4-3-5-7-12/h3-7,13-14H,8-11H2,1-2H3. The van der Waals surface area contributed by atoms with Crippen molar-refractivity contribution in [2.75, 3.05) is 27.3 Å². The van der Waals surface area contributed by atoms with Gasteiger partial charge in [0.1, 0.15) is 0 Å². The van der Waals surface area contributed by atoms with Crippen molar-refractivity contribution in [1.29, 1.82) is 0 Å². The molecule has 3 heteroatoms. The van der Waals surface area contributed by atoms with E-state index in [4.69, 9.17) is 9.47 Å². The van der Waals surface area contributed by atoms with Crippen LogP contribution in [0.3, 0.4) is 0 Å². The molecule has 17 heavy (non-hydrogen) atoms. The second-order valence-electron chi connectivity index (χ2n) is 4.61. The molecular formula is C14H21NO2. The van der Waals surface area contributed by atoms with Gasteiger partial charge in [-0.3, -0.25) is 4.90 Å². The first-order chi connectivity index (χ1) is 8.33. The molecule has 0 N–H and O–H groups in total. The van der Waals surface area contributed by atoms with Gasteiger partial charge < -0.3 is 9.47 Å². The predicted molar refractivity (Wildman–Crippen MR) is 67.6 cm³/mol.